The standard InChI is InChI=1S/C18H20N4/c19-18-17-16(20-12-21-18)14-9-4-10-15(14)22(17)11-5-8-13-6-2-1-3-7-13/h1-3,6-7,12H,4-5,8-11H2,(H2,19,20,21). The van der Waals surface area contributed by atoms with Crippen molar-refractivity contribution in [2.75, 3.05) is 5.73 Å². The Balaban J connectivity index is 1.64. The van der Waals surface area contributed by atoms with Crippen molar-refractivity contribution in [3.05, 3.63) is 53.5 Å². The van der Waals surface area contributed by atoms with Crippen LogP contribution in [0.3, 0.4) is 0 Å². The van der Waals surface area contributed by atoms with Gasteiger partial charge in [0.1, 0.15) is 11.8 Å². The highest BCUT2D eigenvalue weighted by atomic mass is 15.1. The van der Waals surface area contributed by atoms with Crippen LogP contribution in [0.4, 0.5) is 5.82 Å². The van der Waals surface area contributed by atoms with Gasteiger partial charge in [0.15, 0.2) is 5.82 Å². The molecule has 2 heterocycles. The zero-order chi connectivity index (χ0) is 14.9. The van der Waals surface area contributed by atoms with Crippen LogP contribution in [-0.2, 0) is 25.8 Å². The number of fused-ring (bicyclic) bond motifs is 3. The SMILES string of the molecule is Nc1ncnc2c3c(n(CCCc4ccccc4)c12)CCC3. The molecule has 0 spiro atoms. The molecule has 4 nitrogen and oxygen atoms in total. The zero-order valence-corrected chi connectivity index (χ0v) is 12.6. The number of aryl methyl sites for hydroxylation is 3. The van der Waals surface area contributed by atoms with E-state index in [1.54, 1.807) is 6.33 Å². The van der Waals surface area contributed by atoms with Crippen LogP contribution in [0.2, 0.25) is 0 Å². The number of benzene rings is 1. The maximum Gasteiger partial charge on any atom is 0.151 e. The number of rotatable bonds is 4. The molecule has 0 amide bonds. The molecule has 0 aliphatic heterocycles. The Labute approximate surface area is 130 Å². The number of nitrogen functional groups attached to an aromatic ring is 1. The fraction of sp³-hybridized carbons (Fsp3) is 0.333. The lowest BCUT2D eigenvalue weighted by Gasteiger charge is -2.10. The van der Waals surface area contributed by atoms with Gasteiger partial charge in [-0.25, -0.2) is 9.97 Å². The van der Waals surface area contributed by atoms with E-state index in [9.17, 15) is 0 Å². The topological polar surface area (TPSA) is 56.7 Å². The van der Waals surface area contributed by atoms with Crippen LogP contribution in [0.25, 0.3) is 11.0 Å². The molecular weight excluding hydrogens is 272 g/mol. The van der Waals surface area contributed by atoms with Gasteiger partial charge in [0, 0.05) is 12.2 Å². The van der Waals surface area contributed by atoms with Gasteiger partial charge in [-0.05, 0) is 43.2 Å². The molecule has 0 unspecified atom stereocenters. The second kappa shape index (κ2) is 5.44. The molecule has 2 aromatic heterocycles. The maximum atomic E-state index is 6.13. The third-order valence-corrected chi connectivity index (χ3v) is 4.61. The summed E-state index contributed by atoms with van der Waals surface area (Å²) < 4.78 is 2.37. The molecule has 0 saturated heterocycles. The van der Waals surface area contributed by atoms with E-state index in [0.29, 0.717) is 5.82 Å². The molecule has 4 rings (SSSR count). The van der Waals surface area contributed by atoms with Gasteiger partial charge >= 0.3 is 0 Å². The maximum absolute atomic E-state index is 6.13. The van der Waals surface area contributed by atoms with Gasteiger partial charge in [-0.3, -0.25) is 0 Å². The molecule has 0 bridgehead atoms. The van der Waals surface area contributed by atoms with Crippen LogP contribution in [0, 0.1) is 0 Å². The van der Waals surface area contributed by atoms with Crippen molar-refractivity contribution in [3.8, 4) is 0 Å². The second-order valence-corrected chi connectivity index (χ2v) is 5.98. The quantitative estimate of drug-likeness (QED) is 0.803. The van der Waals surface area contributed by atoms with E-state index >= 15 is 0 Å². The van der Waals surface area contributed by atoms with Crippen LogP contribution < -0.4 is 5.73 Å². The minimum atomic E-state index is 0.610. The molecule has 0 fully saturated rings. The summed E-state index contributed by atoms with van der Waals surface area (Å²) in [7, 11) is 0. The third-order valence-electron chi connectivity index (χ3n) is 4.61. The molecule has 2 N–H and O–H groups in total. The number of hydrogen-bond donors (Lipinski definition) is 1. The van der Waals surface area contributed by atoms with E-state index in [1.807, 2.05) is 0 Å². The fourth-order valence-corrected chi connectivity index (χ4v) is 3.63. The Kier molecular flexibility index (Phi) is 3.29. The first-order valence-electron chi connectivity index (χ1n) is 7.99. The van der Waals surface area contributed by atoms with Gasteiger partial charge in [-0.1, -0.05) is 30.3 Å². The van der Waals surface area contributed by atoms with Crippen LogP contribution in [-0.4, -0.2) is 14.5 Å². The van der Waals surface area contributed by atoms with Crippen molar-refractivity contribution in [1.82, 2.24) is 14.5 Å². The molecule has 1 aromatic carbocycles. The molecule has 4 heteroatoms. The second-order valence-electron chi connectivity index (χ2n) is 5.98. The van der Waals surface area contributed by atoms with E-state index in [0.717, 1.165) is 43.3 Å². The molecular formula is C18H20N4. The molecule has 0 saturated carbocycles. The summed E-state index contributed by atoms with van der Waals surface area (Å²) in [5.41, 5.74) is 12.4. The Morgan fingerprint density at radius 1 is 1.09 bits per heavy atom. The lowest BCUT2D eigenvalue weighted by molar-refractivity contribution is 0.637. The molecule has 0 radical (unpaired) electrons. The van der Waals surface area contributed by atoms with Gasteiger partial charge in [-0.2, -0.15) is 0 Å². The van der Waals surface area contributed by atoms with E-state index in [4.69, 9.17) is 5.73 Å². The number of nitrogens with two attached hydrogens (primary N) is 1. The van der Waals surface area contributed by atoms with Gasteiger partial charge < -0.3 is 10.3 Å². The summed E-state index contributed by atoms with van der Waals surface area (Å²) in [4.78, 5) is 8.68. The number of anilines is 1. The largest absolute Gasteiger partial charge is 0.382 e. The summed E-state index contributed by atoms with van der Waals surface area (Å²) >= 11 is 0. The molecule has 22 heavy (non-hydrogen) atoms. The van der Waals surface area contributed by atoms with Crippen LogP contribution >= 0.6 is 0 Å². The molecule has 1 aliphatic rings. The smallest absolute Gasteiger partial charge is 0.151 e. The summed E-state index contributed by atoms with van der Waals surface area (Å²) in [6.45, 7) is 0.984. The first-order chi connectivity index (χ1) is 10.8. The number of aromatic nitrogens is 3. The van der Waals surface area contributed by atoms with Gasteiger partial charge in [0.2, 0.25) is 0 Å². The van der Waals surface area contributed by atoms with Gasteiger partial charge in [-0.15, -0.1) is 0 Å². The minimum absolute atomic E-state index is 0.610. The van der Waals surface area contributed by atoms with Crippen LogP contribution in [0.5, 0.6) is 0 Å². The van der Waals surface area contributed by atoms with E-state index in [2.05, 4.69) is 44.9 Å². The molecule has 112 valence electrons. The Hall–Kier alpha value is -2.36. The Bertz CT molecular complexity index is 805. The molecule has 0 atom stereocenters. The summed E-state index contributed by atoms with van der Waals surface area (Å²) in [6.07, 6.45) is 7.26. The van der Waals surface area contributed by atoms with Crippen LogP contribution in [0.15, 0.2) is 36.7 Å². The average molecular weight is 292 g/mol. The van der Waals surface area contributed by atoms with E-state index in [1.165, 1.54) is 23.2 Å². The van der Waals surface area contributed by atoms with Crippen molar-refractivity contribution in [1.29, 1.82) is 0 Å². The Morgan fingerprint density at radius 2 is 1.95 bits per heavy atom. The molecule has 1 aliphatic carbocycles. The Morgan fingerprint density at radius 3 is 2.82 bits per heavy atom. The summed E-state index contributed by atoms with van der Waals surface area (Å²) in [5.74, 6) is 0.610. The van der Waals surface area contributed by atoms with Gasteiger partial charge in [0.05, 0.1) is 5.52 Å². The molecule has 3 aromatic rings. The van der Waals surface area contributed by atoms with Crippen molar-refractivity contribution >= 4 is 16.9 Å². The van der Waals surface area contributed by atoms with E-state index in [-0.39, 0.29) is 0 Å². The highest BCUT2D eigenvalue weighted by Crippen LogP contribution is 2.33. The average Bonchev–Trinajstić information content (AvgIpc) is 3.12. The van der Waals surface area contributed by atoms with Crippen molar-refractivity contribution in [3.63, 3.8) is 0 Å². The van der Waals surface area contributed by atoms with Crippen molar-refractivity contribution in [2.45, 2.75) is 38.6 Å². The minimum Gasteiger partial charge on any atom is -0.382 e. The van der Waals surface area contributed by atoms with Crippen molar-refractivity contribution < 1.29 is 0 Å². The van der Waals surface area contributed by atoms with Gasteiger partial charge in [0.25, 0.3) is 0 Å². The predicted octanol–water partition coefficient (Wildman–Crippen LogP) is 3.14. The van der Waals surface area contributed by atoms with Crippen LogP contribution in [0.1, 0.15) is 29.7 Å². The lowest BCUT2D eigenvalue weighted by Crippen LogP contribution is -2.06. The first-order valence-corrected chi connectivity index (χ1v) is 7.99. The predicted molar refractivity (Wildman–Crippen MR) is 88.7 cm³/mol. The summed E-state index contributed by atoms with van der Waals surface area (Å²) in [5, 5.41) is 0. The first kappa shape index (κ1) is 13.3. The normalized spacial score (nSPS) is 13.6. The van der Waals surface area contributed by atoms with Crippen molar-refractivity contribution in [2.24, 2.45) is 0 Å². The monoisotopic (exact) mass is 292 g/mol. The highest BCUT2D eigenvalue weighted by Gasteiger charge is 2.23. The lowest BCUT2D eigenvalue weighted by atomic mass is 10.1. The zero-order valence-electron chi connectivity index (χ0n) is 12.6. The highest BCUT2D eigenvalue weighted by molar-refractivity contribution is 5.89. The third kappa shape index (κ3) is 2.15. The summed E-state index contributed by atoms with van der Waals surface area (Å²) in [6, 6.07) is 10.6. The number of nitrogens with zero attached hydrogens (tertiary/aromatic N) is 3. The number of hydrogen-bond acceptors (Lipinski definition) is 3. The fourth-order valence-electron chi connectivity index (χ4n) is 3.63. The van der Waals surface area contributed by atoms with E-state index < -0.39 is 0 Å².